The van der Waals surface area contributed by atoms with E-state index in [1.54, 1.807) is 6.20 Å². The number of nitrogens with two attached hydrogens (primary N) is 1. The van der Waals surface area contributed by atoms with Gasteiger partial charge < -0.3 is 21.1 Å². The molecular weight excluding hydrogens is 308 g/mol. The normalized spacial score (nSPS) is 16.0. The Kier molecular flexibility index (Phi) is 6.40. The van der Waals surface area contributed by atoms with Gasteiger partial charge in [-0.15, -0.1) is 0 Å². The van der Waals surface area contributed by atoms with Gasteiger partial charge in [0.15, 0.2) is 0 Å². The number of primary amides is 1. The standard InChI is InChI=1S/C17H26N4O3/c1-11(2)15(21-17(18)23)16(22)20-10-12-7-8-19-14(9-12)24-13-5-3-4-6-13/h7-9,11,13,15H,3-6,10H2,1-2H3,(H,20,22)(H3,18,21,23). The lowest BCUT2D eigenvalue weighted by atomic mass is 10.0. The molecule has 1 saturated carbocycles. The molecule has 1 aromatic rings. The average Bonchev–Trinajstić information content (AvgIpc) is 3.03. The van der Waals surface area contributed by atoms with Gasteiger partial charge in [-0.3, -0.25) is 4.79 Å². The molecule has 2 rings (SSSR count). The number of aromatic nitrogens is 1. The predicted octanol–water partition coefficient (Wildman–Crippen LogP) is 1.71. The number of nitrogens with zero attached hydrogens (tertiary/aromatic N) is 1. The van der Waals surface area contributed by atoms with Gasteiger partial charge in [-0.2, -0.15) is 0 Å². The minimum Gasteiger partial charge on any atom is -0.474 e. The van der Waals surface area contributed by atoms with E-state index in [1.165, 1.54) is 12.8 Å². The quantitative estimate of drug-likeness (QED) is 0.705. The van der Waals surface area contributed by atoms with Crippen LogP contribution in [0.5, 0.6) is 5.88 Å². The third kappa shape index (κ3) is 5.40. The highest BCUT2D eigenvalue weighted by Gasteiger charge is 2.23. The zero-order valence-electron chi connectivity index (χ0n) is 14.2. The first kappa shape index (κ1) is 18.0. The summed E-state index contributed by atoms with van der Waals surface area (Å²) in [6.07, 6.45) is 6.45. The number of pyridine rings is 1. The van der Waals surface area contributed by atoms with E-state index in [4.69, 9.17) is 10.5 Å². The molecule has 1 fully saturated rings. The lowest BCUT2D eigenvalue weighted by molar-refractivity contribution is -0.124. The first-order chi connectivity index (χ1) is 11.5. The number of hydrogen-bond acceptors (Lipinski definition) is 4. The van der Waals surface area contributed by atoms with Crippen LogP contribution in [0.1, 0.15) is 45.1 Å². The smallest absolute Gasteiger partial charge is 0.312 e. The van der Waals surface area contributed by atoms with E-state index in [9.17, 15) is 9.59 Å². The summed E-state index contributed by atoms with van der Waals surface area (Å²) < 4.78 is 5.86. The third-order valence-electron chi connectivity index (χ3n) is 4.10. The van der Waals surface area contributed by atoms with Gasteiger partial charge in [0.25, 0.3) is 0 Å². The highest BCUT2D eigenvalue weighted by molar-refractivity contribution is 5.86. The van der Waals surface area contributed by atoms with Gasteiger partial charge in [0, 0.05) is 18.8 Å². The Hall–Kier alpha value is -2.31. The summed E-state index contributed by atoms with van der Waals surface area (Å²) in [4.78, 5) is 27.5. The molecule has 1 aliphatic rings. The zero-order valence-corrected chi connectivity index (χ0v) is 14.2. The molecule has 1 aliphatic carbocycles. The second-order valence-electron chi connectivity index (χ2n) is 6.47. The van der Waals surface area contributed by atoms with Gasteiger partial charge in [0.1, 0.15) is 12.1 Å². The average molecular weight is 334 g/mol. The van der Waals surface area contributed by atoms with Gasteiger partial charge in [-0.25, -0.2) is 9.78 Å². The van der Waals surface area contributed by atoms with Crippen molar-refractivity contribution in [1.29, 1.82) is 0 Å². The Morgan fingerprint density at radius 2 is 2.08 bits per heavy atom. The van der Waals surface area contributed by atoms with Crippen molar-refractivity contribution in [2.75, 3.05) is 0 Å². The van der Waals surface area contributed by atoms with Gasteiger partial charge in [0.05, 0.1) is 0 Å². The van der Waals surface area contributed by atoms with Gasteiger partial charge >= 0.3 is 6.03 Å². The van der Waals surface area contributed by atoms with Crippen LogP contribution in [0.3, 0.4) is 0 Å². The van der Waals surface area contributed by atoms with Crippen molar-refractivity contribution in [2.24, 2.45) is 11.7 Å². The topological polar surface area (TPSA) is 106 Å². The van der Waals surface area contributed by atoms with Crippen LogP contribution in [0.4, 0.5) is 4.79 Å². The molecule has 0 bridgehead atoms. The Morgan fingerprint density at radius 3 is 2.71 bits per heavy atom. The minimum absolute atomic E-state index is 0.0591. The maximum atomic E-state index is 12.2. The van der Waals surface area contributed by atoms with E-state index >= 15 is 0 Å². The number of hydrogen-bond donors (Lipinski definition) is 3. The number of urea groups is 1. The fourth-order valence-electron chi connectivity index (χ4n) is 2.79. The number of rotatable bonds is 7. The van der Waals surface area contributed by atoms with E-state index in [1.807, 2.05) is 26.0 Å². The maximum Gasteiger partial charge on any atom is 0.312 e. The number of ether oxygens (including phenoxy) is 1. The predicted molar refractivity (Wildman–Crippen MR) is 90.3 cm³/mol. The van der Waals surface area contributed by atoms with E-state index < -0.39 is 12.1 Å². The lowest BCUT2D eigenvalue weighted by Crippen LogP contribution is -2.51. The Bertz CT molecular complexity index is 571. The third-order valence-corrected chi connectivity index (χ3v) is 4.10. The number of amides is 3. The Labute approximate surface area is 142 Å². The largest absolute Gasteiger partial charge is 0.474 e. The van der Waals surface area contributed by atoms with Crippen LogP contribution in [0.2, 0.25) is 0 Å². The molecule has 0 radical (unpaired) electrons. The van der Waals surface area contributed by atoms with Crippen molar-refractivity contribution in [3.63, 3.8) is 0 Å². The molecule has 1 atom stereocenters. The molecule has 0 aliphatic heterocycles. The summed E-state index contributed by atoms with van der Waals surface area (Å²) in [6, 6.07) is 2.30. The van der Waals surface area contributed by atoms with Crippen molar-refractivity contribution in [1.82, 2.24) is 15.6 Å². The van der Waals surface area contributed by atoms with Crippen LogP contribution in [0, 0.1) is 5.92 Å². The highest BCUT2D eigenvalue weighted by Crippen LogP contribution is 2.23. The maximum absolute atomic E-state index is 12.2. The minimum atomic E-state index is -0.708. The molecule has 1 unspecified atom stereocenters. The van der Waals surface area contributed by atoms with Crippen LogP contribution in [0.25, 0.3) is 0 Å². The van der Waals surface area contributed by atoms with Gasteiger partial charge in [-0.1, -0.05) is 13.8 Å². The zero-order chi connectivity index (χ0) is 17.5. The first-order valence-electron chi connectivity index (χ1n) is 8.41. The summed E-state index contributed by atoms with van der Waals surface area (Å²) in [5.41, 5.74) is 6.02. The molecule has 0 aromatic carbocycles. The monoisotopic (exact) mass is 334 g/mol. The van der Waals surface area contributed by atoms with Crippen LogP contribution in [-0.2, 0) is 11.3 Å². The fraction of sp³-hybridized carbons (Fsp3) is 0.588. The second kappa shape index (κ2) is 8.52. The molecule has 1 aromatic heterocycles. The highest BCUT2D eigenvalue weighted by atomic mass is 16.5. The van der Waals surface area contributed by atoms with E-state index in [2.05, 4.69) is 15.6 Å². The molecule has 0 saturated heterocycles. The second-order valence-corrected chi connectivity index (χ2v) is 6.47. The van der Waals surface area contributed by atoms with E-state index in [-0.39, 0.29) is 17.9 Å². The summed E-state index contributed by atoms with van der Waals surface area (Å²) in [7, 11) is 0. The molecule has 3 amide bonds. The fourth-order valence-corrected chi connectivity index (χ4v) is 2.79. The van der Waals surface area contributed by atoms with Crippen LogP contribution >= 0.6 is 0 Å². The number of carbonyl (C=O) groups is 2. The van der Waals surface area contributed by atoms with Crippen molar-refractivity contribution in [2.45, 2.75) is 58.2 Å². The molecule has 1 heterocycles. The molecule has 0 spiro atoms. The summed E-state index contributed by atoms with van der Waals surface area (Å²) in [6.45, 7) is 4.03. The molecule has 24 heavy (non-hydrogen) atoms. The van der Waals surface area contributed by atoms with E-state index in [0.29, 0.717) is 12.4 Å². The van der Waals surface area contributed by atoms with E-state index in [0.717, 1.165) is 18.4 Å². The first-order valence-corrected chi connectivity index (χ1v) is 8.41. The van der Waals surface area contributed by atoms with Crippen molar-refractivity contribution in [3.05, 3.63) is 23.9 Å². The van der Waals surface area contributed by atoms with Crippen LogP contribution in [-0.4, -0.2) is 29.1 Å². The molecule has 7 nitrogen and oxygen atoms in total. The lowest BCUT2D eigenvalue weighted by Gasteiger charge is -2.20. The van der Waals surface area contributed by atoms with Crippen molar-refractivity contribution < 1.29 is 14.3 Å². The summed E-state index contributed by atoms with van der Waals surface area (Å²) >= 11 is 0. The number of nitrogens with one attached hydrogen (secondary N) is 2. The molecular formula is C17H26N4O3. The van der Waals surface area contributed by atoms with Crippen molar-refractivity contribution in [3.8, 4) is 5.88 Å². The molecule has 4 N–H and O–H groups in total. The SMILES string of the molecule is CC(C)C(NC(N)=O)C(=O)NCc1ccnc(OC2CCCC2)c1. The van der Waals surface area contributed by atoms with Crippen molar-refractivity contribution >= 4 is 11.9 Å². The van der Waals surface area contributed by atoms with Crippen LogP contribution < -0.4 is 21.1 Å². The number of carbonyl (C=O) groups excluding carboxylic acids is 2. The van der Waals surface area contributed by atoms with Crippen LogP contribution in [0.15, 0.2) is 18.3 Å². The molecule has 7 heteroatoms. The summed E-state index contributed by atoms with van der Waals surface area (Å²) in [5.74, 6) is 0.263. The van der Waals surface area contributed by atoms with Gasteiger partial charge in [-0.05, 0) is 43.2 Å². The Morgan fingerprint density at radius 1 is 1.38 bits per heavy atom. The van der Waals surface area contributed by atoms with Gasteiger partial charge in [0.2, 0.25) is 11.8 Å². The summed E-state index contributed by atoms with van der Waals surface area (Å²) in [5, 5.41) is 5.28. The Balaban J connectivity index is 1.90. The molecule has 132 valence electrons.